The number of carboxylic acids is 1. The Kier molecular flexibility index (Phi) is 4.02. The van der Waals surface area contributed by atoms with Crippen LogP contribution in [0, 0.1) is 5.92 Å². The van der Waals surface area contributed by atoms with Crippen molar-refractivity contribution in [2.45, 2.75) is 25.5 Å². The second-order valence-electron chi connectivity index (χ2n) is 5.82. The lowest BCUT2D eigenvalue weighted by Crippen LogP contribution is -2.50. The highest BCUT2D eigenvalue weighted by Crippen LogP contribution is 2.35. The van der Waals surface area contributed by atoms with Crippen molar-refractivity contribution in [1.82, 2.24) is 20.0 Å². The Morgan fingerprint density at radius 3 is 2.95 bits per heavy atom. The Morgan fingerprint density at radius 1 is 1.50 bits per heavy atom. The maximum atomic E-state index is 12.2. The summed E-state index contributed by atoms with van der Waals surface area (Å²) in [5.74, 6) is -0.456. The van der Waals surface area contributed by atoms with E-state index < -0.39 is 5.97 Å². The van der Waals surface area contributed by atoms with Gasteiger partial charge in [0.2, 0.25) is 0 Å². The number of rotatable bonds is 4. The number of aromatic carboxylic acids is 1. The number of carbonyl (C=O) groups excluding carboxylic acids is 1. The lowest BCUT2D eigenvalue weighted by molar-refractivity contribution is -0.0252. The Bertz CT molecular complexity index is 581. The number of nitrogens with one attached hydrogen (secondary N) is 1. The monoisotopic (exact) mass is 308 g/mol. The maximum absolute atomic E-state index is 12.2. The number of amides is 2. The third kappa shape index (κ3) is 3.22. The van der Waals surface area contributed by atoms with Gasteiger partial charge in [0.15, 0.2) is 0 Å². The van der Waals surface area contributed by atoms with Crippen molar-refractivity contribution >= 4 is 12.0 Å². The average molecular weight is 308 g/mol. The summed E-state index contributed by atoms with van der Waals surface area (Å²) in [6, 6.07) is -0.198. The molecule has 1 aliphatic heterocycles. The molecule has 8 nitrogen and oxygen atoms in total. The summed E-state index contributed by atoms with van der Waals surface area (Å²) in [5, 5.41) is 15.9. The maximum Gasteiger partial charge on any atom is 0.339 e. The highest BCUT2D eigenvalue weighted by molar-refractivity contribution is 5.88. The molecule has 0 aromatic carbocycles. The van der Waals surface area contributed by atoms with E-state index in [1.807, 2.05) is 0 Å². The molecule has 0 radical (unpaired) electrons. The van der Waals surface area contributed by atoms with E-state index in [4.69, 9.17) is 9.84 Å². The Labute approximate surface area is 128 Å². The van der Waals surface area contributed by atoms with Crippen molar-refractivity contribution in [3.63, 3.8) is 0 Å². The fourth-order valence-corrected chi connectivity index (χ4v) is 2.73. The van der Waals surface area contributed by atoms with Crippen LogP contribution in [0.15, 0.2) is 6.20 Å². The zero-order valence-corrected chi connectivity index (χ0v) is 12.5. The molecule has 2 fully saturated rings. The van der Waals surface area contributed by atoms with E-state index in [1.54, 1.807) is 11.9 Å². The molecule has 120 valence electrons. The van der Waals surface area contributed by atoms with E-state index in [0.717, 1.165) is 0 Å². The number of aryl methyl sites for hydroxylation is 1. The predicted octanol–water partition coefficient (Wildman–Crippen LogP) is 0.439. The summed E-state index contributed by atoms with van der Waals surface area (Å²) in [6.07, 6.45) is 3.93. The normalized spacial score (nSPS) is 21.7. The van der Waals surface area contributed by atoms with Gasteiger partial charge >= 0.3 is 12.0 Å². The van der Waals surface area contributed by atoms with Crippen LogP contribution < -0.4 is 5.32 Å². The van der Waals surface area contributed by atoms with Crippen molar-refractivity contribution in [2.75, 3.05) is 19.7 Å². The molecule has 1 saturated carbocycles. The first-order valence-electron chi connectivity index (χ1n) is 7.45. The third-order valence-electron chi connectivity index (χ3n) is 4.07. The zero-order valence-electron chi connectivity index (χ0n) is 12.5. The first-order valence-corrected chi connectivity index (χ1v) is 7.45. The van der Waals surface area contributed by atoms with Crippen molar-refractivity contribution < 1.29 is 19.4 Å². The molecule has 2 aliphatic rings. The lowest BCUT2D eigenvalue weighted by Gasteiger charge is -2.33. The summed E-state index contributed by atoms with van der Waals surface area (Å²) in [7, 11) is 1.65. The molecule has 1 aromatic rings. The number of morpholine rings is 1. The molecular weight excluding hydrogens is 288 g/mol. The molecule has 3 rings (SSSR count). The van der Waals surface area contributed by atoms with E-state index in [2.05, 4.69) is 10.4 Å². The molecule has 1 atom stereocenters. The van der Waals surface area contributed by atoms with Crippen molar-refractivity contribution in [3.05, 3.63) is 17.5 Å². The number of hydrogen-bond acceptors (Lipinski definition) is 4. The zero-order chi connectivity index (χ0) is 15.7. The SMILES string of the molecule is Cn1cc(C(=O)O)c(CNC(=O)N2CCOC(C3CC3)C2)n1. The number of carbonyl (C=O) groups is 2. The fourth-order valence-electron chi connectivity index (χ4n) is 2.73. The van der Waals surface area contributed by atoms with Gasteiger partial charge in [-0.05, 0) is 18.8 Å². The number of nitrogens with zero attached hydrogens (tertiary/aromatic N) is 3. The molecule has 0 bridgehead atoms. The minimum atomic E-state index is -1.04. The average Bonchev–Trinajstić information content (AvgIpc) is 3.28. The van der Waals surface area contributed by atoms with Crippen LogP contribution in [0.25, 0.3) is 0 Å². The van der Waals surface area contributed by atoms with Gasteiger partial charge < -0.3 is 20.1 Å². The largest absolute Gasteiger partial charge is 0.478 e. The van der Waals surface area contributed by atoms with Crippen molar-refractivity contribution in [1.29, 1.82) is 0 Å². The smallest absolute Gasteiger partial charge is 0.339 e. The van der Waals surface area contributed by atoms with Crippen LogP contribution in [0.1, 0.15) is 28.9 Å². The Balaban J connectivity index is 1.56. The van der Waals surface area contributed by atoms with Gasteiger partial charge in [-0.2, -0.15) is 5.10 Å². The van der Waals surface area contributed by atoms with Gasteiger partial charge in [0.1, 0.15) is 5.56 Å². The standard InChI is InChI=1S/C14H20N4O4/c1-17-7-10(13(19)20)11(16-17)6-15-14(21)18-4-5-22-12(8-18)9-2-3-9/h7,9,12H,2-6,8H2,1H3,(H,15,21)(H,19,20). The molecule has 1 aromatic heterocycles. The van der Waals surface area contributed by atoms with Gasteiger partial charge in [-0.1, -0.05) is 0 Å². The molecule has 8 heteroatoms. The quantitative estimate of drug-likeness (QED) is 0.841. The Morgan fingerprint density at radius 2 is 2.27 bits per heavy atom. The van der Waals surface area contributed by atoms with Crippen molar-refractivity contribution in [3.8, 4) is 0 Å². The van der Waals surface area contributed by atoms with E-state index in [1.165, 1.54) is 23.7 Å². The van der Waals surface area contributed by atoms with Crippen LogP contribution in [0.3, 0.4) is 0 Å². The van der Waals surface area contributed by atoms with Gasteiger partial charge in [-0.15, -0.1) is 0 Å². The van der Waals surface area contributed by atoms with Gasteiger partial charge in [0.25, 0.3) is 0 Å². The number of hydrogen-bond donors (Lipinski definition) is 2. The summed E-state index contributed by atoms with van der Waals surface area (Å²) >= 11 is 0. The highest BCUT2D eigenvalue weighted by atomic mass is 16.5. The molecular formula is C14H20N4O4. The molecule has 1 aliphatic carbocycles. The first-order chi connectivity index (χ1) is 10.5. The lowest BCUT2D eigenvalue weighted by atomic mass is 10.2. The third-order valence-corrected chi connectivity index (χ3v) is 4.07. The Hall–Kier alpha value is -2.09. The second kappa shape index (κ2) is 5.96. The number of ether oxygens (including phenoxy) is 1. The van der Waals surface area contributed by atoms with Crippen LogP contribution >= 0.6 is 0 Å². The minimum Gasteiger partial charge on any atom is -0.478 e. The topological polar surface area (TPSA) is 96.7 Å². The molecule has 2 N–H and O–H groups in total. The number of urea groups is 1. The molecule has 1 unspecified atom stereocenters. The van der Waals surface area contributed by atoms with Crippen LogP contribution in [0.2, 0.25) is 0 Å². The van der Waals surface area contributed by atoms with Gasteiger partial charge in [-0.3, -0.25) is 4.68 Å². The van der Waals surface area contributed by atoms with E-state index >= 15 is 0 Å². The molecule has 2 heterocycles. The molecule has 2 amide bonds. The van der Waals surface area contributed by atoms with Gasteiger partial charge in [0.05, 0.1) is 24.9 Å². The van der Waals surface area contributed by atoms with Crippen LogP contribution in [0.5, 0.6) is 0 Å². The van der Waals surface area contributed by atoms with Gasteiger partial charge in [0, 0.05) is 26.3 Å². The first kappa shape index (κ1) is 14.8. The molecule has 22 heavy (non-hydrogen) atoms. The summed E-state index contributed by atoms with van der Waals surface area (Å²) in [4.78, 5) is 25.1. The summed E-state index contributed by atoms with van der Waals surface area (Å²) in [5.41, 5.74) is 0.469. The van der Waals surface area contributed by atoms with E-state index in [0.29, 0.717) is 31.3 Å². The molecule has 0 spiro atoms. The summed E-state index contributed by atoms with van der Waals surface area (Å²) < 4.78 is 7.12. The number of aromatic nitrogens is 2. The molecule has 1 saturated heterocycles. The predicted molar refractivity (Wildman–Crippen MR) is 76.4 cm³/mol. The van der Waals surface area contributed by atoms with Crippen molar-refractivity contribution in [2.24, 2.45) is 13.0 Å². The van der Waals surface area contributed by atoms with Crippen LogP contribution in [-0.2, 0) is 18.3 Å². The van der Waals surface area contributed by atoms with Crippen LogP contribution in [0.4, 0.5) is 4.79 Å². The summed E-state index contributed by atoms with van der Waals surface area (Å²) in [6.45, 7) is 1.82. The van der Waals surface area contributed by atoms with Gasteiger partial charge in [-0.25, -0.2) is 9.59 Å². The van der Waals surface area contributed by atoms with Crippen LogP contribution in [-0.4, -0.2) is 57.6 Å². The fraction of sp³-hybridized carbons (Fsp3) is 0.643. The van der Waals surface area contributed by atoms with E-state index in [-0.39, 0.29) is 24.2 Å². The minimum absolute atomic E-state index is 0.104. The second-order valence-corrected chi connectivity index (χ2v) is 5.82. The number of carboxylic acid groups (broad SMARTS) is 1. The van der Waals surface area contributed by atoms with E-state index in [9.17, 15) is 9.59 Å². The highest BCUT2D eigenvalue weighted by Gasteiger charge is 2.36.